The number of benzene rings is 2. The zero-order valence-electron chi connectivity index (χ0n) is 18.9. The number of rotatable bonds is 7. The Labute approximate surface area is 196 Å². The van der Waals surface area contributed by atoms with Crippen LogP contribution in [0.15, 0.2) is 58.3 Å². The summed E-state index contributed by atoms with van der Waals surface area (Å²) in [5, 5.41) is 0. The number of piperidine rings is 1. The van der Waals surface area contributed by atoms with Crippen molar-refractivity contribution in [2.45, 2.75) is 67.8 Å². The lowest BCUT2D eigenvalue weighted by Crippen LogP contribution is -2.39. The van der Waals surface area contributed by atoms with E-state index in [1.165, 1.54) is 38.9 Å². The van der Waals surface area contributed by atoms with Gasteiger partial charge in [-0.3, -0.25) is 0 Å². The van der Waals surface area contributed by atoms with Crippen molar-refractivity contribution in [3.8, 4) is 0 Å². The van der Waals surface area contributed by atoms with E-state index in [4.69, 9.17) is 0 Å². The molecule has 1 aliphatic carbocycles. The van der Waals surface area contributed by atoms with Crippen LogP contribution in [0.25, 0.3) is 0 Å². The molecule has 0 aromatic heterocycles. The maximum Gasteiger partial charge on any atom is 0.243 e. The summed E-state index contributed by atoms with van der Waals surface area (Å²) in [5.74, 6) is -0.139. The molecule has 0 radical (unpaired) electrons. The molecule has 0 bridgehead atoms. The van der Waals surface area contributed by atoms with Crippen molar-refractivity contribution >= 4 is 20.0 Å². The fourth-order valence-corrected chi connectivity index (χ4v) is 8.09. The molecule has 1 atom stereocenters. The third-order valence-corrected chi connectivity index (χ3v) is 10.5. The molecule has 0 N–H and O–H groups in total. The van der Waals surface area contributed by atoms with E-state index >= 15 is 0 Å². The lowest BCUT2D eigenvalue weighted by Gasteiger charge is -2.30. The van der Waals surface area contributed by atoms with E-state index in [1.807, 2.05) is 6.92 Å². The predicted octanol–water partition coefficient (Wildman–Crippen LogP) is 4.38. The summed E-state index contributed by atoms with van der Waals surface area (Å²) in [6.45, 7) is 2.93. The molecule has 1 saturated heterocycles. The van der Waals surface area contributed by atoms with Gasteiger partial charge in [0, 0.05) is 31.2 Å². The molecule has 33 heavy (non-hydrogen) atoms. The van der Waals surface area contributed by atoms with E-state index < -0.39 is 25.9 Å². The van der Waals surface area contributed by atoms with Crippen LogP contribution in [0, 0.1) is 11.7 Å². The van der Waals surface area contributed by atoms with Gasteiger partial charge in [0.2, 0.25) is 20.0 Å². The van der Waals surface area contributed by atoms with Crippen LogP contribution in [-0.4, -0.2) is 44.6 Å². The second-order valence-electron chi connectivity index (χ2n) is 9.16. The molecule has 4 rings (SSSR count). The normalized spacial score (nSPS) is 21.0. The van der Waals surface area contributed by atoms with Crippen LogP contribution < -0.4 is 0 Å². The maximum absolute atomic E-state index is 14.3. The van der Waals surface area contributed by atoms with Crippen LogP contribution in [0.4, 0.5) is 4.39 Å². The first-order valence-corrected chi connectivity index (χ1v) is 14.4. The predicted molar refractivity (Wildman–Crippen MR) is 125 cm³/mol. The van der Waals surface area contributed by atoms with Crippen molar-refractivity contribution in [1.29, 1.82) is 0 Å². The summed E-state index contributed by atoms with van der Waals surface area (Å²) >= 11 is 0. The number of hydrogen-bond donors (Lipinski definition) is 0. The zero-order chi connectivity index (χ0) is 23.6. The molecule has 1 heterocycles. The molecule has 2 fully saturated rings. The topological polar surface area (TPSA) is 74.8 Å². The molecule has 6 nitrogen and oxygen atoms in total. The molecule has 180 valence electrons. The molecule has 0 spiro atoms. The molecule has 1 saturated carbocycles. The van der Waals surface area contributed by atoms with E-state index in [2.05, 4.69) is 0 Å². The van der Waals surface area contributed by atoms with Crippen LogP contribution >= 0.6 is 0 Å². The van der Waals surface area contributed by atoms with Crippen LogP contribution in [0.2, 0.25) is 0 Å². The highest BCUT2D eigenvalue weighted by Crippen LogP contribution is 2.31. The first kappa shape index (κ1) is 24.3. The monoisotopic (exact) mass is 494 g/mol. The van der Waals surface area contributed by atoms with Crippen LogP contribution in [0.5, 0.6) is 0 Å². The van der Waals surface area contributed by atoms with Gasteiger partial charge in [-0.15, -0.1) is 0 Å². The number of nitrogens with zero attached hydrogens (tertiary/aromatic N) is 2. The van der Waals surface area contributed by atoms with Crippen molar-refractivity contribution in [2.24, 2.45) is 5.92 Å². The van der Waals surface area contributed by atoms with E-state index in [9.17, 15) is 21.2 Å². The van der Waals surface area contributed by atoms with Crippen molar-refractivity contribution in [1.82, 2.24) is 8.61 Å². The van der Waals surface area contributed by atoms with Gasteiger partial charge in [-0.2, -0.15) is 8.61 Å². The highest BCUT2D eigenvalue weighted by Gasteiger charge is 2.35. The van der Waals surface area contributed by atoms with E-state index in [-0.39, 0.29) is 22.4 Å². The van der Waals surface area contributed by atoms with E-state index in [1.54, 1.807) is 18.2 Å². The second-order valence-corrected chi connectivity index (χ2v) is 13.0. The molecular weight excluding hydrogens is 463 g/mol. The van der Waals surface area contributed by atoms with Gasteiger partial charge in [0.15, 0.2) is 0 Å². The van der Waals surface area contributed by atoms with Crippen molar-refractivity contribution in [3.63, 3.8) is 0 Å². The average molecular weight is 495 g/mol. The maximum atomic E-state index is 14.3. The molecule has 1 unspecified atom stereocenters. The van der Waals surface area contributed by atoms with E-state index in [0.717, 1.165) is 38.5 Å². The molecule has 2 aromatic rings. The minimum atomic E-state index is -3.94. The minimum absolute atomic E-state index is 0.0247. The fraction of sp³-hybridized carbons (Fsp3) is 0.500. The first-order valence-electron chi connectivity index (χ1n) is 11.5. The number of hydrogen-bond acceptors (Lipinski definition) is 4. The Morgan fingerprint density at radius 2 is 1.55 bits per heavy atom. The molecule has 9 heteroatoms. The van der Waals surface area contributed by atoms with Gasteiger partial charge in [-0.05, 0) is 61.9 Å². The van der Waals surface area contributed by atoms with Gasteiger partial charge in [0.1, 0.15) is 5.82 Å². The largest absolute Gasteiger partial charge is 0.243 e. The third kappa shape index (κ3) is 5.16. The average Bonchev–Trinajstić information content (AvgIpc) is 3.33. The summed E-state index contributed by atoms with van der Waals surface area (Å²) < 4.78 is 70.4. The third-order valence-electron chi connectivity index (χ3n) is 6.70. The molecule has 2 aromatic carbocycles. The Morgan fingerprint density at radius 1 is 0.909 bits per heavy atom. The molecule has 1 aliphatic heterocycles. The quantitative estimate of drug-likeness (QED) is 0.573. The zero-order valence-corrected chi connectivity index (χ0v) is 20.5. The van der Waals surface area contributed by atoms with Crippen molar-refractivity contribution < 1.29 is 21.2 Å². The lowest BCUT2D eigenvalue weighted by molar-refractivity contribution is 0.281. The van der Waals surface area contributed by atoms with Gasteiger partial charge in [-0.1, -0.05) is 38.0 Å². The Morgan fingerprint density at radius 3 is 2.18 bits per heavy atom. The smallest absolute Gasteiger partial charge is 0.207 e. The van der Waals surface area contributed by atoms with Gasteiger partial charge in [0.05, 0.1) is 9.79 Å². The van der Waals surface area contributed by atoms with Crippen molar-refractivity contribution in [2.75, 3.05) is 13.1 Å². The number of sulfonamides is 2. The Bertz CT molecular complexity index is 1180. The summed E-state index contributed by atoms with van der Waals surface area (Å²) in [4.78, 5) is 0.119. The summed E-state index contributed by atoms with van der Waals surface area (Å²) in [5.41, 5.74) is 0.325. The fourth-order valence-electron chi connectivity index (χ4n) is 4.83. The Kier molecular flexibility index (Phi) is 7.23. The second kappa shape index (κ2) is 9.82. The van der Waals surface area contributed by atoms with Crippen molar-refractivity contribution in [3.05, 3.63) is 59.9 Å². The minimum Gasteiger partial charge on any atom is -0.207 e. The molecule has 0 amide bonds. The summed E-state index contributed by atoms with van der Waals surface area (Å²) in [6, 6.07) is 11.5. The summed E-state index contributed by atoms with van der Waals surface area (Å²) in [6.07, 6.45) is 5.14. The lowest BCUT2D eigenvalue weighted by atomic mass is 10.0. The Hall–Kier alpha value is -1.81. The first-order chi connectivity index (χ1) is 15.7. The van der Waals surface area contributed by atoms with Gasteiger partial charge < -0.3 is 0 Å². The Balaban J connectivity index is 1.62. The van der Waals surface area contributed by atoms with E-state index in [0.29, 0.717) is 24.6 Å². The summed E-state index contributed by atoms with van der Waals surface area (Å²) in [7, 11) is -7.61. The van der Waals surface area contributed by atoms with Gasteiger partial charge >= 0.3 is 0 Å². The van der Waals surface area contributed by atoms with Crippen LogP contribution in [0.3, 0.4) is 0 Å². The van der Waals surface area contributed by atoms with Gasteiger partial charge in [0.25, 0.3) is 0 Å². The van der Waals surface area contributed by atoms with Crippen LogP contribution in [0.1, 0.15) is 51.0 Å². The highest BCUT2D eigenvalue weighted by atomic mass is 32.2. The standard InChI is InChI=1S/C24H31FN2O4S2/c1-19-7-6-16-26(17-19)32(28,29)22-12-14-23(15-13-22)33(30,31)27(21-9-3-4-10-21)18-20-8-2-5-11-24(20)25/h2,5,8,11-15,19,21H,3-4,6-7,9-10,16-18H2,1H3. The van der Waals surface area contributed by atoms with Crippen LogP contribution in [-0.2, 0) is 26.6 Å². The molecule has 2 aliphatic rings. The SMILES string of the molecule is CC1CCCN(S(=O)(=O)c2ccc(S(=O)(=O)N(Cc3ccccc3F)C3CCCC3)cc2)C1. The molecular formula is C24H31FN2O4S2. The number of halogens is 1. The van der Waals surface area contributed by atoms with Gasteiger partial charge in [-0.25, -0.2) is 21.2 Å². The highest BCUT2D eigenvalue weighted by molar-refractivity contribution is 7.89.